The Morgan fingerprint density at radius 1 is 1.06 bits per heavy atom. The lowest BCUT2D eigenvalue weighted by atomic mass is 9.81. The number of halogens is 1. The summed E-state index contributed by atoms with van der Waals surface area (Å²) in [5.41, 5.74) is 5.60. The number of anilines is 1. The second kappa shape index (κ2) is 16.3. The molecule has 5 rings (SSSR count). The van der Waals surface area contributed by atoms with E-state index in [1.807, 2.05) is 13.8 Å². The second-order valence-electron chi connectivity index (χ2n) is 14.3. The highest BCUT2D eigenvalue weighted by Gasteiger charge is 2.33. The van der Waals surface area contributed by atoms with Gasteiger partial charge >= 0.3 is 6.01 Å². The second-order valence-corrected chi connectivity index (χ2v) is 14.3. The first-order valence-electron chi connectivity index (χ1n) is 18.5. The summed E-state index contributed by atoms with van der Waals surface area (Å²) < 4.78 is 22.0. The fourth-order valence-corrected chi connectivity index (χ4v) is 7.30. The summed E-state index contributed by atoms with van der Waals surface area (Å²) in [5, 5.41) is 16.0. The molecular formula is C41H56FN5O2. The SMILES string of the molecule is C/C=C1\C(=NC(C)C)C(c2cc(O)cc3ccc(F)c(CC)c23)=Cc2nc(OCC(C)(CCCC)CCCCC)nc(N3CCNCC3)c21. The van der Waals surface area contributed by atoms with E-state index in [0.29, 0.717) is 24.6 Å². The van der Waals surface area contributed by atoms with Crippen molar-refractivity contribution in [3.8, 4) is 11.8 Å². The Morgan fingerprint density at radius 3 is 2.47 bits per heavy atom. The van der Waals surface area contributed by atoms with Crippen LogP contribution in [0, 0.1) is 11.2 Å². The van der Waals surface area contributed by atoms with E-state index in [2.05, 4.69) is 57.0 Å². The molecule has 1 saturated heterocycles. The van der Waals surface area contributed by atoms with Gasteiger partial charge in [-0.3, -0.25) is 4.99 Å². The maximum absolute atomic E-state index is 15.4. The molecule has 3 aromatic rings. The van der Waals surface area contributed by atoms with Gasteiger partial charge in [0.1, 0.15) is 17.4 Å². The van der Waals surface area contributed by atoms with Crippen molar-refractivity contribution in [1.29, 1.82) is 0 Å². The number of benzene rings is 2. The van der Waals surface area contributed by atoms with Gasteiger partial charge in [-0.1, -0.05) is 71.9 Å². The minimum absolute atomic E-state index is 0.0134. The molecule has 0 bridgehead atoms. The monoisotopic (exact) mass is 669 g/mol. The van der Waals surface area contributed by atoms with Crippen LogP contribution in [0.3, 0.4) is 0 Å². The third kappa shape index (κ3) is 8.17. The predicted molar refractivity (Wildman–Crippen MR) is 203 cm³/mol. The average Bonchev–Trinajstić information content (AvgIpc) is 3.09. The molecule has 7 nitrogen and oxygen atoms in total. The smallest absolute Gasteiger partial charge is 0.318 e. The number of nitrogens with one attached hydrogen (secondary N) is 1. The van der Waals surface area contributed by atoms with Gasteiger partial charge in [0, 0.05) is 48.8 Å². The van der Waals surface area contributed by atoms with Gasteiger partial charge in [0.25, 0.3) is 0 Å². The van der Waals surface area contributed by atoms with Crippen molar-refractivity contribution < 1.29 is 14.2 Å². The van der Waals surface area contributed by atoms with Crippen molar-refractivity contribution in [2.24, 2.45) is 10.4 Å². The molecule has 264 valence electrons. The zero-order valence-electron chi connectivity index (χ0n) is 30.8. The summed E-state index contributed by atoms with van der Waals surface area (Å²) in [6, 6.07) is 7.04. The number of fused-ring (bicyclic) bond motifs is 2. The molecule has 1 unspecified atom stereocenters. The van der Waals surface area contributed by atoms with Gasteiger partial charge in [-0.15, -0.1) is 0 Å². The Labute approximate surface area is 292 Å². The van der Waals surface area contributed by atoms with Crippen molar-refractivity contribution in [2.45, 2.75) is 106 Å². The average molecular weight is 670 g/mol. The van der Waals surface area contributed by atoms with E-state index in [-0.39, 0.29) is 23.0 Å². The maximum Gasteiger partial charge on any atom is 0.318 e. The molecule has 1 atom stereocenters. The van der Waals surface area contributed by atoms with Gasteiger partial charge in [-0.2, -0.15) is 9.97 Å². The van der Waals surface area contributed by atoms with Crippen molar-refractivity contribution in [1.82, 2.24) is 15.3 Å². The summed E-state index contributed by atoms with van der Waals surface area (Å²) in [6.45, 7) is 18.9. The van der Waals surface area contributed by atoms with Crippen molar-refractivity contribution in [3.63, 3.8) is 0 Å². The van der Waals surface area contributed by atoms with Crippen LogP contribution in [-0.2, 0) is 6.42 Å². The normalized spacial score (nSPS) is 17.9. The van der Waals surface area contributed by atoms with Crippen LogP contribution >= 0.6 is 0 Å². The van der Waals surface area contributed by atoms with Crippen LogP contribution in [0.1, 0.15) is 116 Å². The standard InChI is InChI=1S/C41H56FN5O2/c1-8-12-14-18-41(7,17-13-9-2)26-49-40-45-35-25-33(32-24-29(48)23-28-15-16-34(42)30(10-3)36(28)32)38(44-27(5)6)31(11-4)37(35)39(46-40)47-21-19-43-20-22-47/h11,15-16,23-25,27,43,48H,8-10,12-14,17-22,26H2,1-7H3/b31-11-,44-38?. The molecule has 0 spiro atoms. The largest absolute Gasteiger partial charge is 0.508 e. The Hall–Kier alpha value is -3.78. The zero-order chi connectivity index (χ0) is 35.1. The van der Waals surface area contributed by atoms with E-state index < -0.39 is 0 Å². The van der Waals surface area contributed by atoms with Crippen LogP contribution in [0.4, 0.5) is 10.2 Å². The highest BCUT2D eigenvalue weighted by Crippen LogP contribution is 2.44. The summed E-state index contributed by atoms with van der Waals surface area (Å²) in [7, 11) is 0. The molecule has 49 heavy (non-hydrogen) atoms. The molecule has 8 heteroatoms. The van der Waals surface area contributed by atoms with Gasteiger partial charge in [0.15, 0.2) is 0 Å². The molecule has 2 aromatic carbocycles. The number of hydrogen-bond acceptors (Lipinski definition) is 7. The number of aromatic nitrogens is 2. The Balaban J connectivity index is 1.73. The number of unbranched alkanes of at least 4 members (excludes halogenated alkanes) is 3. The van der Waals surface area contributed by atoms with Gasteiger partial charge in [-0.25, -0.2) is 4.39 Å². The van der Waals surface area contributed by atoms with E-state index in [4.69, 9.17) is 19.7 Å². The topological polar surface area (TPSA) is 82.9 Å². The molecule has 1 aliphatic heterocycles. The number of aromatic hydroxyl groups is 1. The highest BCUT2D eigenvalue weighted by atomic mass is 19.1. The first kappa shape index (κ1) is 36.5. The predicted octanol–water partition coefficient (Wildman–Crippen LogP) is 9.41. The van der Waals surface area contributed by atoms with Gasteiger partial charge in [-0.05, 0) is 86.2 Å². The number of phenols is 1. The number of ether oxygens (including phenoxy) is 1. The number of phenolic OH excluding ortho intramolecular Hbond substituents is 1. The van der Waals surface area contributed by atoms with Crippen molar-refractivity contribution in [2.75, 3.05) is 37.7 Å². The molecule has 0 radical (unpaired) electrons. The highest BCUT2D eigenvalue weighted by molar-refractivity contribution is 6.50. The summed E-state index contributed by atoms with van der Waals surface area (Å²) >= 11 is 0. The first-order chi connectivity index (χ1) is 23.6. The van der Waals surface area contributed by atoms with E-state index >= 15 is 4.39 Å². The lowest BCUT2D eigenvalue weighted by molar-refractivity contribution is 0.126. The Morgan fingerprint density at radius 2 is 1.80 bits per heavy atom. The van der Waals surface area contributed by atoms with Crippen LogP contribution < -0.4 is 15.0 Å². The van der Waals surface area contributed by atoms with E-state index in [1.165, 1.54) is 25.3 Å². The number of aryl methyl sites for hydroxylation is 1. The number of rotatable bonds is 14. The van der Waals surface area contributed by atoms with Crippen LogP contribution in [0.25, 0.3) is 28.0 Å². The zero-order valence-corrected chi connectivity index (χ0v) is 30.8. The van der Waals surface area contributed by atoms with Crippen LogP contribution in [0.15, 0.2) is 35.3 Å². The Kier molecular flexibility index (Phi) is 12.1. The summed E-state index contributed by atoms with van der Waals surface area (Å²) in [6.07, 6.45) is 12.8. The van der Waals surface area contributed by atoms with Crippen LogP contribution in [-0.4, -0.2) is 59.6 Å². The molecule has 0 amide bonds. The molecule has 2 N–H and O–H groups in total. The molecule has 2 aliphatic rings. The van der Waals surface area contributed by atoms with E-state index in [0.717, 1.165) is 102 Å². The van der Waals surface area contributed by atoms with Gasteiger partial charge in [0.2, 0.25) is 0 Å². The van der Waals surface area contributed by atoms with Crippen LogP contribution in [0.2, 0.25) is 0 Å². The van der Waals surface area contributed by atoms with Crippen LogP contribution in [0.5, 0.6) is 11.8 Å². The fourth-order valence-electron chi connectivity index (χ4n) is 7.30. The third-order valence-electron chi connectivity index (χ3n) is 9.91. The molecule has 1 aromatic heterocycles. The molecule has 1 fully saturated rings. The Bertz CT molecular complexity index is 1720. The molecule has 0 saturated carbocycles. The van der Waals surface area contributed by atoms with Crippen molar-refractivity contribution >= 4 is 39.5 Å². The molecule has 1 aliphatic carbocycles. The summed E-state index contributed by atoms with van der Waals surface area (Å²) in [4.78, 5) is 17.8. The number of allylic oxidation sites excluding steroid dienone is 3. The minimum Gasteiger partial charge on any atom is -0.508 e. The number of nitrogens with zero attached hydrogens (tertiary/aromatic N) is 4. The van der Waals surface area contributed by atoms with Gasteiger partial charge in [0.05, 0.1) is 23.6 Å². The minimum atomic E-state index is -0.253. The van der Waals surface area contributed by atoms with E-state index in [1.54, 1.807) is 18.2 Å². The number of hydrogen-bond donors (Lipinski definition) is 2. The third-order valence-corrected chi connectivity index (χ3v) is 9.91. The number of aliphatic imine (C=N–C) groups is 1. The van der Waals surface area contributed by atoms with Crippen molar-refractivity contribution in [3.05, 3.63) is 58.5 Å². The number of piperazine rings is 1. The molecule has 2 heterocycles. The van der Waals surface area contributed by atoms with Gasteiger partial charge < -0.3 is 20.1 Å². The molecular weight excluding hydrogens is 613 g/mol. The first-order valence-corrected chi connectivity index (χ1v) is 18.5. The fraction of sp³-hybridized carbons (Fsp3) is 0.537. The quantitative estimate of drug-likeness (QED) is 0.167. The lowest BCUT2D eigenvalue weighted by Gasteiger charge is -2.33. The van der Waals surface area contributed by atoms with E-state index in [9.17, 15) is 5.11 Å². The maximum atomic E-state index is 15.4. The summed E-state index contributed by atoms with van der Waals surface area (Å²) in [5.74, 6) is 0.719. The lowest BCUT2D eigenvalue weighted by Crippen LogP contribution is -2.44.